The zero-order chi connectivity index (χ0) is 15.2. The topological polar surface area (TPSA) is 41.5 Å². The molecule has 2 N–H and O–H groups in total. The molecule has 2 rings (SSSR count). The second-order valence-corrected chi connectivity index (χ2v) is 5.25. The molecule has 3 nitrogen and oxygen atoms in total. The van der Waals surface area contributed by atoms with E-state index in [1.54, 1.807) is 6.07 Å². The Balaban J connectivity index is 2.01. The molecule has 0 heterocycles. The Hall–Kier alpha value is -2.00. The Labute approximate surface area is 126 Å². The summed E-state index contributed by atoms with van der Waals surface area (Å²) in [6.07, 6.45) is 0. The monoisotopic (exact) mass is 285 g/mol. The molecule has 0 aromatic heterocycles. The van der Waals surface area contributed by atoms with E-state index in [-0.39, 0.29) is 11.8 Å². The van der Waals surface area contributed by atoms with Crippen LogP contribution in [-0.4, -0.2) is 11.7 Å². The molecule has 0 saturated heterocycles. The summed E-state index contributed by atoms with van der Waals surface area (Å²) in [4.78, 5) is 0. The Kier molecular flexibility index (Phi) is 5.23. The van der Waals surface area contributed by atoms with Crippen LogP contribution in [0.4, 0.5) is 0 Å². The number of hydrogen-bond acceptors (Lipinski definition) is 3. The van der Waals surface area contributed by atoms with Gasteiger partial charge in [-0.3, -0.25) is 0 Å². The summed E-state index contributed by atoms with van der Waals surface area (Å²) in [5.41, 5.74) is 3.64. The van der Waals surface area contributed by atoms with Crippen molar-refractivity contribution in [1.82, 2.24) is 5.32 Å². The quantitative estimate of drug-likeness (QED) is 0.844. The molecule has 0 saturated carbocycles. The van der Waals surface area contributed by atoms with Crippen molar-refractivity contribution in [3.05, 3.63) is 59.2 Å². The lowest BCUT2D eigenvalue weighted by Crippen LogP contribution is -2.18. The maximum absolute atomic E-state index is 9.71. The zero-order valence-corrected chi connectivity index (χ0v) is 12.9. The van der Waals surface area contributed by atoms with Gasteiger partial charge in [-0.2, -0.15) is 0 Å². The molecule has 0 aliphatic carbocycles. The van der Waals surface area contributed by atoms with Crippen LogP contribution in [-0.2, 0) is 6.54 Å². The lowest BCUT2D eigenvalue weighted by molar-refractivity contribution is 0.317. The standard InChI is InChI=1S/C18H23NO2/c1-4-21-18-11-15(8-9-17(18)20)12-19-14(3)16-7-5-6-13(2)10-16/h5-11,14,19-20H,4,12H2,1-3H3/t14-/m0/s1. The Morgan fingerprint density at radius 1 is 1.19 bits per heavy atom. The van der Waals surface area contributed by atoms with Crippen molar-refractivity contribution in [2.75, 3.05) is 6.61 Å². The minimum atomic E-state index is 0.187. The first-order valence-corrected chi connectivity index (χ1v) is 7.34. The third kappa shape index (κ3) is 4.23. The zero-order valence-electron chi connectivity index (χ0n) is 12.9. The third-order valence-electron chi connectivity index (χ3n) is 3.48. The number of hydrogen-bond donors (Lipinski definition) is 2. The number of aryl methyl sites for hydroxylation is 1. The normalized spacial score (nSPS) is 12.1. The van der Waals surface area contributed by atoms with E-state index in [4.69, 9.17) is 4.74 Å². The molecule has 0 unspecified atom stereocenters. The molecule has 2 aromatic rings. The molecule has 0 fully saturated rings. The van der Waals surface area contributed by atoms with Crippen molar-refractivity contribution in [3.8, 4) is 11.5 Å². The molecule has 0 bridgehead atoms. The molecule has 1 atom stereocenters. The molecule has 0 aliphatic rings. The smallest absolute Gasteiger partial charge is 0.161 e. The molecule has 0 spiro atoms. The molecule has 21 heavy (non-hydrogen) atoms. The lowest BCUT2D eigenvalue weighted by Gasteiger charge is -2.15. The minimum absolute atomic E-state index is 0.187. The summed E-state index contributed by atoms with van der Waals surface area (Å²) in [6.45, 7) is 7.44. The number of phenolic OH excluding ortho intramolecular Hbond substituents is 1. The fraction of sp³-hybridized carbons (Fsp3) is 0.333. The predicted molar refractivity (Wildman–Crippen MR) is 85.7 cm³/mol. The summed E-state index contributed by atoms with van der Waals surface area (Å²) >= 11 is 0. The fourth-order valence-corrected chi connectivity index (χ4v) is 2.27. The fourth-order valence-electron chi connectivity index (χ4n) is 2.27. The maximum atomic E-state index is 9.71. The highest BCUT2D eigenvalue weighted by Gasteiger charge is 2.07. The van der Waals surface area contributed by atoms with Gasteiger partial charge in [-0.25, -0.2) is 0 Å². The first kappa shape index (κ1) is 15.4. The van der Waals surface area contributed by atoms with Crippen molar-refractivity contribution in [2.45, 2.75) is 33.4 Å². The van der Waals surface area contributed by atoms with Crippen LogP contribution in [0, 0.1) is 6.92 Å². The highest BCUT2D eigenvalue weighted by Crippen LogP contribution is 2.27. The van der Waals surface area contributed by atoms with Crippen molar-refractivity contribution in [2.24, 2.45) is 0 Å². The summed E-state index contributed by atoms with van der Waals surface area (Å²) in [6, 6.07) is 14.3. The average molecular weight is 285 g/mol. The predicted octanol–water partition coefficient (Wildman–Crippen LogP) is 3.95. The molecule has 112 valence electrons. The molecule has 3 heteroatoms. The van der Waals surface area contributed by atoms with Crippen LogP contribution >= 0.6 is 0 Å². The van der Waals surface area contributed by atoms with Gasteiger partial charge >= 0.3 is 0 Å². The van der Waals surface area contributed by atoms with Gasteiger partial charge in [-0.1, -0.05) is 35.9 Å². The van der Waals surface area contributed by atoms with E-state index in [0.29, 0.717) is 12.4 Å². The van der Waals surface area contributed by atoms with Crippen LogP contribution in [0.2, 0.25) is 0 Å². The van der Waals surface area contributed by atoms with Crippen molar-refractivity contribution >= 4 is 0 Å². The van der Waals surface area contributed by atoms with Crippen LogP contribution in [0.25, 0.3) is 0 Å². The van der Waals surface area contributed by atoms with E-state index in [2.05, 4.69) is 43.4 Å². The van der Waals surface area contributed by atoms with Gasteiger partial charge in [0.25, 0.3) is 0 Å². The van der Waals surface area contributed by atoms with Crippen molar-refractivity contribution in [3.63, 3.8) is 0 Å². The van der Waals surface area contributed by atoms with E-state index in [0.717, 1.165) is 12.1 Å². The Morgan fingerprint density at radius 2 is 2.00 bits per heavy atom. The number of ether oxygens (including phenoxy) is 1. The third-order valence-corrected chi connectivity index (χ3v) is 3.48. The molecule has 0 radical (unpaired) electrons. The largest absolute Gasteiger partial charge is 0.504 e. The molecule has 0 amide bonds. The lowest BCUT2D eigenvalue weighted by atomic mass is 10.1. The van der Waals surface area contributed by atoms with Gasteiger partial charge in [-0.15, -0.1) is 0 Å². The van der Waals surface area contributed by atoms with E-state index in [1.165, 1.54) is 11.1 Å². The van der Waals surface area contributed by atoms with Gasteiger partial charge in [0.05, 0.1) is 6.61 Å². The highest BCUT2D eigenvalue weighted by atomic mass is 16.5. The second kappa shape index (κ2) is 7.14. The van der Waals surface area contributed by atoms with Crippen molar-refractivity contribution < 1.29 is 9.84 Å². The summed E-state index contributed by atoms with van der Waals surface area (Å²) in [5.74, 6) is 0.729. The van der Waals surface area contributed by atoms with E-state index < -0.39 is 0 Å². The molecule has 0 aliphatic heterocycles. The second-order valence-electron chi connectivity index (χ2n) is 5.25. The van der Waals surface area contributed by atoms with Gasteiger partial charge in [0.15, 0.2) is 11.5 Å². The summed E-state index contributed by atoms with van der Waals surface area (Å²) < 4.78 is 5.41. The van der Waals surface area contributed by atoms with Crippen LogP contribution in [0.5, 0.6) is 11.5 Å². The molecular weight excluding hydrogens is 262 g/mol. The first-order chi connectivity index (χ1) is 10.1. The Bertz CT molecular complexity index is 596. The van der Waals surface area contributed by atoms with Crippen LogP contribution < -0.4 is 10.1 Å². The van der Waals surface area contributed by atoms with Crippen molar-refractivity contribution in [1.29, 1.82) is 0 Å². The van der Waals surface area contributed by atoms with Crippen LogP contribution in [0.15, 0.2) is 42.5 Å². The van der Waals surface area contributed by atoms with Gasteiger partial charge in [0.1, 0.15) is 0 Å². The van der Waals surface area contributed by atoms with E-state index >= 15 is 0 Å². The van der Waals surface area contributed by atoms with Gasteiger partial charge in [0, 0.05) is 12.6 Å². The number of aromatic hydroxyl groups is 1. The van der Waals surface area contributed by atoms with Gasteiger partial charge < -0.3 is 15.2 Å². The van der Waals surface area contributed by atoms with Crippen LogP contribution in [0.3, 0.4) is 0 Å². The van der Waals surface area contributed by atoms with Gasteiger partial charge in [0.2, 0.25) is 0 Å². The number of phenols is 1. The number of rotatable bonds is 6. The van der Waals surface area contributed by atoms with Crippen LogP contribution in [0.1, 0.15) is 36.6 Å². The van der Waals surface area contributed by atoms with E-state index in [9.17, 15) is 5.11 Å². The first-order valence-electron chi connectivity index (χ1n) is 7.34. The van der Waals surface area contributed by atoms with E-state index in [1.807, 2.05) is 19.1 Å². The number of nitrogens with one attached hydrogen (secondary N) is 1. The summed E-state index contributed by atoms with van der Waals surface area (Å²) in [5, 5.41) is 13.2. The minimum Gasteiger partial charge on any atom is -0.504 e. The van der Waals surface area contributed by atoms with Gasteiger partial charge in [-0.05, 0) is 44.0 Å². The maximum Gasteiger partial charge on any atom is 0.161 e. The highest BCUT2D eigenvalue weighted by molar-refractivity contribution is 5.41. The molecule has 2 aromatic carbocycles. The Morgan fingerprint density at radius 3 is 2.71 bits per heavy atom. The SMILES string of the molecule is CCOc1cc(CN[C@@H](C)c2cccc(C)c2)ccc1O. The molecular formula is C18H23NO2. The number of benzene rings is 2. The summed E-state index contributed by atoms with van der Waals surface area (Å²) in [7, 11) is 0. The average Bonchev–Trinajstić information content (AvgIpc) is 2.48.